The van der Waals surface area contributed by atoms with E-state index in [2.05, 4.69) is 10.1 Å². The Morgan fingerprint density at radius 3 is 2.60 bits per heavy atom. The standard InChI is InChI=1S/C14H12F2N2O2/c15-12(16)10(19)8-11-17-13(18-20-11)14(6-7-14)9-4-2-1-3-5-9/h1-5,12H,6-8H2. The molecule has 0 radical (unpaired) electrons. The second-order valence-corrected chi connectivity index (χ2v) is 4.90. The number of Topliss-reactive ketones (excluding diaryl/α,β-unsaturated/α-hetero) is 1. The van der Waals surface area contributed by atoms with Crippen molar-refractivity contribution in [3.05, 3.63) is 47.6 Å². The first-order chi connectivity index (χ1) is 9.62. The topological polar surface area (TPSA) is 56.0 Å². The lowest BCUT2D eigenvalue weighted by atomic mass is 9.95. The van der Waals surface area contributed by atoms with Crippen molar-refractivity contribution in [3.8, 4) is 0 Å². The predicted molar refractivity (Wildman–Crippen MR) is 65.5 cm³/mol. The summed E-state index contributed by atoms with van der Waals surface area (Å²) in [6.45, 7) is 0. The molecule has 1 aromatic carbocycles. The van der Waals surface area contributed by atoms with Gasteiger partial charge in [-0.2, -0.15) is 4.98 Å². The molecule has 1 aliphatic carbocycles. The number of carbonyl (C=O) groups is 1. The van der Waals surface area contributed by atoms with E-state index in [-0.39, 0.29) is 11.3 Å². The lowest BCUT2D eigenvalue weighted by Crippen LogP contribution is -2.14. The second-order valence-electron chi connectivity index (χ2n) is 4.90. The number of hydrogen-bond donors (Lipinski definition) is 0. The van der Waals surface area contributed by atoms with Crippen LogP contribution in [0.1, 0.15) is 30.1 Å². The molecule has 0 bridgehead atoms. The van der Waals surface area contributed by atoms with Gasteiger partial charge in [-0.25, -0.2) is 8.78 Å². The van der Waals surface area contributed by atoms with Gasteiger partial charge in [0, 0.05) is 0 Å². The number of ketones is 1. The lowest BCUT2D eigenvalue weighted by molar-refractivity contribution is -0.129. The third-order valence-electron chi connectivity index (χ3n) is 3.54. The first kappa shape index (κ1) is 12.9. The Hall–Kier alpha value is -2.11. The summed E-state index contributed by atoms with van der Waals surface area (Å²) in [7, 11) is 0. The van der Waals surface area contributed by atoms with Crippen molar-refractivity contribution in [2.45, 2.75) is 31.1 Å². The van der Waals surface area contributed by atoms with Crippen LogP contribution in [0.4, 0.5) is 8.78 Å². The molecule has 4 nitrogen and oxygen atoms in total. The molecule has 2 aromatic rings. The largest absolute Gasteiger partial charge is 0.339 e. The van der Waals surface area contributed by atoms with E-state index in [0.29, 0.717) is 5.82 Å². The fraction of sp³-hybridized carbons (Fsp3) is 0.357. The maximum absolute atomic E-state index is 12.2. The molecule has 3 rings (SSSR count). The highest BCUT2D eigenvalue weighted by Gasteiger charge is 2.49. The normalized spacial score (nSPS) is 16.4. The molecule has 1 heterocycles. The zero-order chi connectivity index (χ0) is 14.2. The molecular weight excluding hydrogens is 266 g/mol. The maximum atomic E-state index is 12.2. The summed E-state index contributed by atoms with van der Waals surface area (Å²) >= 11 is 0. The quantitative estimate of drug-likeness (QED) is 0.843. The molecule has 0 N–H and O–H groups in total. The van der Waals surface area contributed by atoms with Crippen LogP contribution >= 0.6 is 0 Å². The Labute approximate surface area is 113 Å². The highest BCUT2D eigenvalue weighted by atomic mass is 19.3. The summed E-state index contributed by atoms with van der Waals surface area (Å²) in [5.74, 6) is -0.780. The van der Waals surface area contributed by atoms with Crippen LogP contribution in [0.15, 0.2) is 34.9 Å². The van der Waals surface area contributed by atoms with Gasteiger partial charge in [-0.3, -0.25) is 4.79 Å². The van der Waals surface area contributed by atoms with Gasteiger partial charge >= 0.3 is 0 Å². The predicted octanol–water partition coefficient (Wildman–Crippen LogP) is 2.53. The first-order valence-corrected chi connectivity index (χ1v) is 6.31. The van der Waals surface area contributed by atoms with E-state index in [1.807, 2.05) is 30.3 Å². The summed E-state index contributed by atoms with van der Waals surface area (Å²) in [6, 6.07) is 9.73. The van der Waals surface area contributed by atoms with E-state index in [1.54, 1.807) is 0 Å². The Bertz CT molecular complexity index is 621. The van der Waals surface area contributed by atoms with Gasteiger partial charge in [-0.15, -0.1) is 0 Å². The minimum atomic E-state index is -3.01. The van der Waals surface area contributed by atoms with E-state index in [1.165, 1.54) is 0 Å². The molecule has 1 fully saturated rings. The zero-order valence-electron chi connectivity index (χ0n) is 10.6. The van der Waals surface area contributed by atoms with Gasteiger partial charge in [-0.1, -0.05) is 35.5 Å². The molecule has 1 aromatic heterocycles. The second kappa shape index (κ2) is 4.77. The molecule has 0 aliphatic heterocycles. The summed E-state index contributed by atoms with van der Waals surface area (Å²) < 4.78 is 29.3. The molecule has 1 aliphatic rings. The minimum absolute atomic E-state index is 0.0486. The molecule has 0 atom stereocenters. The van der Waals surface area contributed by atoms with Crippen molar-refractivity contribution in [1.29, 1.82) is 0 Å². The average Bonchev–Trinajstić information content (AvgIpc) is 3.14. The van der Waals surface area contributed by atoms with Gasteiger partial charge in [0.25, 0.3) is 6.43 Å². The zero-order valence-corrected chi connectivity index (χ0v) is 10.6. The molecule has 104 valence electrons. The van der Waals surface area contributed by atoms with Crippen LogP contribution in [0.5, 0.6) is 0 Å². The molecule has 20 heavy (non-hydrogen) atoms. The molecule has 6 heteroatoms. The SMILES string of the molecule is O=C(Cc1nc(C2(c3ccccc3)CC2)no1)C(F)F. The number of benzene rings is 1. The third-order valence-corrected chi connectivity index (χ3v) is 3.54. The maximum Gasteiger partial charge on any atom is 0.296 e. The monoisotopic (exact) mass is 278 g/mol. The van der Waals surface area contributed by atoms with Gasteiger partial charge in [0.05, 0.1) is 11.8 Å². The number of rotatable bonds is 5. The molecule has 1 saturated carbocycles. The van der Waals surface area contributed by atoms with Crippen LogP contribution in [0, 0.1) is 0 Å². The van der Waals surface area contributed by atoms with Gasteiger partial charge in [0.2, 0.25) is 11.7 Å². The molecule has 0 saturated heterocycles. The number of alkyl halides is 2. The van der Waals surface area contributed by atoms with Crippen molar-refractivity contribution in [3.63, 3.8) is 0 Å². The smallest absolute Gasteiger partial charge is 0.296 e. The van der Waals surface area contributed by atoms with Crippen LogP contribution in [-0.2, 0) is 16.6 Å². The van der Waals surface area contributed by atoms with Gasteiger partial charge in [0.15, 0.2) is 5.82 Å². The van der Waals surface area contributed by atoms with E-state index in [9.17, 15) is 13.6 Å². The van der Waals surface area contributed by atoms with Gasteiger partial charge in [0.1, 0.15) is 0 Å². The van der Waals surface area contributed by atoms with Crippen LogP contribution < -0.4 is 0 Å². The Morgan fingerprint density at radius 1 is 1.30 bits per heavy atom. The number of hydrogen-bond acceptors (Lipinski definition) is 4. The van der Waals surface area contributed by atoms with Crippen LogP contribution in [0.2, 0.25) is 0 Å². The summed E-state index contributed by atoms with van der Waals surface area (Å²) in [6.07, 6.45) is -1.75. The lowest BCUT2D eigenvalue weighted by Gasteiger charge is -2.09. The van der Waals surface area contributed by atoms with Crippen LogP contribution in [-0.4, -0.2) is 22.3 Å². The van der Waals surface area contributed by atoms with Crippen molar-refractivity contribution in [2.24, 2.45) is 0 Å². The Balaban J connectivity index is 1.82. The van der Waals surface area contributed by atoms with E-state index in [0.717, 1.165) is 18.4 Å². The highest BCUT2D eigenvalue weighted by Crippen LogP contribution is 2.52. The number of carbonyl (C=O) groups excluding carboxylic acids is 1. The van der Waals surface area contributed by atoms with Crippen molar-refractivity contribution in [1.82, 2.24) is 10.1 Å². The van der Waals surface area contributed by atoms with Crippen LogP contribution in [0.25, 0.3) is 0 Å². The average molecular weight is 278 g/mol. The van der Waals surface area contributed by atoms with E-state index < -0.39 is 18.6 Å². The van der Waals surface area contributed by atoms with Crippen molar-refractivity contribution >= 4 is 5.78 Å². The number of aromatic nitrogens is 2. The minimum Gasteiger partial charge on any atom is -0.339 e. The van der Waals surface area contributed by atoms with Crippen molar-refractivity contribution < 1.29 is 18.1 Å². The molecule has 0 spiro atoms. The summed E-state index contributed by atoms with van der Waals surface area (Å²) in [5.41, 5.74) is 0.796. The van der Waals surface area contributed by atoms with E-state index in [4.69, 9.17) is 4.52 Å². The number of nitrogens with zero attached hydrogens (tertiary/aromatic N) is 2. The number of halogens is 2. The fourth-order valence-electron chi connectivity index (χ4n) is 2.27. The van der Waals surface area contributed by atoms with Gasteiger partial charge < -0.3 is 4.52 Å². The first-order valence-electron chi connectivity index (χ1n) is 6.31. The van der Waals surface area contributed by atoms with Crippen molar-refractivity contribution in [2.75, 3.05) is 0 Å². The fourth-order valence-corrected chi connectivity index (χ4v) is 2.27. The Kier molecular flexibility index (Phi) is 3.08. The molecular formula is C14H12F2N2O2. The Morgan fingerprint density at radius 2 is 2.00 bits per heavy atom. The molecule has 0 amide bonds. The molecule has 0 unspecified atom stereocenters. The highest BCUT2D eigenvalue weighted by molar-refractivity contribution is 5.82. The summed E-state index contributed by atoms with van der Waals surface area (Å²) in [4.78, 5) is 15.1. The van der Waals surface area contributed by atoms with E-state index >= 15 is 0 Å². The third kappa shape index (κ3) is 2.21. The van der Waals surface area contributed by atoms with Gasteiger partial charge in [-0.05, 0) is 18.4 Å². The van der Waals surface area contributed by atoms with Crippen LogP contribution in [0.3, 0.4) is 0 Å². The summed E-state index contributed by atoms with van der Waals surface area (Å²) in [5, 5.41) is 3.86.